The van der Waals surface area contributed by atoms with Gasteiger partial charge in [0.1, 0.15) is 11.3 Å². The monoisotopic (exact) mass is 374 g/mol. The SMILES string of the molecule is CCN1C(=O)/C(=C/c2cccs2)SC1=Nc1ccc(C(=O)O)c(O)c1. The topological polar surface area (TPSA) is 90.2 Å². The molecule has 0 atom stereocenters. The molecule has 1 aliphatic rings. The summed E-state index contributed by atoms with van der Waals surface area (Å²) < 4.78 is 0. The number of thioether (sulfide) groups is 1. The van der Waals surface area contributed by atoms with E-state index in [1.165, 1.54) is 30.0 Å². The van der Waals surface area contributed by atoms with Crippen LogP contribution in [0.4, 0.5) is 5.69 Å². The van der Waals surface area contributed by atoms with Crippen molar-refractivity contribution in [2.45, 2.75) is 6.92 Å². The molecule has 6 nitrogen and oxygen atoms in total. The molecule has 8 heteroatoms. The van der Waals surface area contributed by atoms with Gasteiger partial charge in [-0.15, -0.1) is 11.3 Å². The quantitative estimate of drug-likeness (QED) is 0.795. The maximum atomic E-state index is 12.5. The van der Waals surface area contributed by atoms with Crippen LogP contribution in [-0.2, 0) is 4.79 Å². The Hall–Kier alpha value is -2.58. The molecule has 0 spiro atoms. The Morgan fingerprint density at radius 3 is 2.76 bits per heavy atom. The average molecular weight is 374 g/mol. The van der Waals surface area contributed by atoms with Crippen molar-refractivity contribution < 1.29 is 19.8 Å². The average Bonchev–Trinajstić information content (AvgIpc) is 3.16. The molecular formula is C17H14N2O4S2. The van der Waals surface area contributed by atoms with Crippen LogP contribution >= 0.6 is 23.1 Å². The summed E-state index contributed by atoms with van der Waals surface area (Å²) in [7, 11) is 0. The van der Waals surface area contributed by atoms with E-state index in [0.717, 1.165) is 4.88 Å². The number of carboxylic acids is 1. The molecule has 2 N–H and O–H groups in total. The van der Waals surface area contributed by atoms with Gasteiger partial charge in [0.05, 0.1) is 10.6 Å². The second kappa shape index (κ2) is 7.12. The predicted molar refractivity (Wildman–Crippen MR) is 99.4 cm³/mol. The number of likely N-dealkylation sites (N-methyl/N-ethyl adjacent to an activating group) is 1. The Morgan fingerprint density at radius 2 is 2.16 bits per heavy atom. The highest BCUT2D eigenvalue weighted by Gasteiger charge is 2.32. The highest BCUT2D eigenvalue weighted by atomic mass is 32.2. The zero-order valence-corrected chi connectivity index (χ0v) is 14.8. The molecule has 1 amide bonds. The van der Waals surface area contributed by atoms with Crippen LogP contribution < -0.4 is 0 Å². The number of carboxylic acid groups (broad SMARTS) is 1. The van der Waals surface area contributed by atoms with Crippen molar-refractivity contribution in [1.82, 2.24) is 4.90 Å². The molecule has 0 bridgehead atoms. The van der Waals surface area contributed by atoms with Crippen LogP contribution in [0, 0.1) is 0 Å². The standard InChI is InChI=1S/C17H14N2O4S2/c1-2-19-15(21)14(9-11-4-3-7-24-11)25-17(19)18-10-5-6-12(16(22)23)13(20)8-10/h3-9,20H,2H2,1H3,(H,22,23)/b14-9-,18-17?. The van der Waals surface area contributed by atoms with E-state index in [1.54, 1.807) is 16.2 Å². The summed E-state index contributed by atoms with van der Waals surface area (Å²) in [6.07, 6.45) is 1.83. The summed E-state index contributed by atoms with van der Waals surface area (Å²) in [5.41, 5.74) is 0.193. The minimum absolute atomic E-state index is 0.119. The first-order valence-corrected chi connectivity index (χ1v) is 9.09. The first-order valence-electron chi connectivity index (χ1n) is 7.39. The van der Waals surface area contributed by atoms with Crippen molar-refractivity contribution in [3.63, 3.8) is 0 Å². The van der Waals surface area contributed by atoms with E-state index in [0.29, 0.717) is 22.3 Å². The molecule has 1 aromatic carbocycles. The largest absolute Gasteiger partial charge is 0.507 e. The molecule has 2 aromatic rings. The summed E-state index contributed by atoms with van der Waals surface area (Å²) in [5, 5.41) is 21.2. The third-order valence-electron chi connectivity index (χ3n) is 3.46. The molecule has 3 rings (SSSR count). The Kier molecular flexibility index (Phi) is 4.91. The lowest BCUT2D eigenvalue weighted by atomic mass is 10.2. The molecule has 1 saturated heterocycles. The summed E-state index contributed by atoms with van der Waals surface area (Å²) in [6, 6.07) is 7.91. The number of aromatic hydroxyl groups is 1. The number of benzene rings is 1. The molecule has 128 valence electrons. The zero-order valence-electron chi connectivity index (χ0n) is 13.2. The van der Waals surface area contributed by atoms with Crippen LogP contribution in [0.25, 0.3) is 6.08 Å². The molecule has 0 saturated carbocycles. The number of nitrogens with zero attached hydrogens (tertiary/aromatic N) is 2. The van der Waals surface area contributed by atoms with Crippen molar-refractivity contribution in [3.05, 3.63) is 51.1 Å². The highest BCUT2D eigenvalue weighted by Crippen LogP contribution is 2.35. The number of rotatable bonds is 4. The number of aromatic carboxylic acids is 1. The number of phenols is 1. The van der Waals surface area contributed by atoms with E-state index in [2.05, 4.69) is 4.99 Å². The lowest BCUT2D eigenvalue weighted by molar-refractivity contribution is -0.122. The smallest absolute Gasteiger partial charge is 0.339 e. The molecule has 0 unspecified atom stereocenters. The van der Waals surface area contributed by atoms with Crippen molar-refractivity contribution in [3.8, 4) is 5.75 Å². The van der Waals surface area contributed by atoms with Gasteiger partial charge in [-0.1, -0.05) is 6.07 Å². The third-order valence-corrected chi connectivity index (χ3v) is 5.28. The molecular weight excluding hydrogens is 360 g/mol. The number of carbonyl (C=O) groups excluding carboxylic acids is 1. The highest BCUT2D eigenvalue weighted by molar-refractivity contribution is 8.18. The van der Waals surface area contributed by atoms with Gasteiger partial charge in [0.25, 0.3) is 5.91 Å². The van der Waals surface area contributed by atoms with Gasteiger partial charge in [-0.3, -0.25) is 9.69 Å². The summed E-state index contributed by atoms with van der Waals surface area (Å²) >= 11 is 2.80. The van der Waals surface area contributed by atoms with Crippen LogP contribution in [0.1, 0.15) is 22.2 Å². The summed E-state index contributed by atoms with van der Waals surface area (Å²) in [4.78, 5) is 31.0. The molecule has 0 radical (unpaired) electrons. The minimum Gasteiger partial charge on any atom is -0.507 e. The van der Waals surface area contributed by atoms with Crippen LogP contribution in [0.2, 0.25) is 0 Å². The van der Waals surface area contributed by atoms with Gasteiger partial charge in [-0.05, 0) is 48.3 Å². The zero-order chi connectivity index (χ0) is 18.0. The van der Waals surface area contributed by atoms with Crippen molar-refractivity contribution in [2.75, 3.05) is 6.54 Å². The van der Waals surface area contributed by atoms with E-state index in [9.17, 15) is 14.7 Å². The Morgan fingerprint density at radius 1 is 1.36 bits per heavy atom. The molecule has 0 aliphatic carbocycles. The maximum absolute atomic E-state index is 12.5. The second-order valence-electron chi connectivity index (χ2n) is 5.08. The van der Waals surface area contributed by atoms with Gasteiger partial charge >= 0.3 is 5.97 Å². The van der Waals surface area contributed by atoms with Gasteiger partial charge in [-0.25, -0.2) is 9.79 Å². The molecule has 25 heavy (non-hydrogen) atoms. The van der Waals surface area contributed by atoms with Crippen LogP contribution in [0.5, 0.6) is 5.75 Å². The van der Waals surface area contributed by atoms with Crippen molar-refractivity contribution in [1.29, 1.82) is 0 Å². The van der Waals surface area contributed by atoms with Gasteiger partial charge in [0.2, 0.25) is 0 Å². The number of carbonyl (C=O) groups is 2. The summed E-state index contributed by atoms with van der Waals surface area (Å²) in [6.45, 7) is 2.32. The predicted octanol–water partition coefficient (Wildman–Crippen LogP) is 3.78. The molecule has 1 fully saturated rings. The van der Waals surface area contributed by atoms with Gasteiger partial charge in [-0.2, -0.15) is 0 Å². The molecule has 2 heterocycles. The number of thiophene rings is 1. The number of amidine groups is 1. The van der Waals surface area contributed by atoms with Crippen molar-refractivity contribution >= 4 is 51.9 Å². The van der Waals surface area contributed by atoms with E-state index >= 15 is 0 Å². The van der Waals surface area contributed by atoms with Gasteiger partial charge in [0.15, 0.2) is 5.17 Å². The Bertz CT molecular complexity index is 888. The third kappa shape index (κ3) is 3.59. The lowest BCUT2D eigenvalue weighted by Crippen LogP contribution is -2.28. The van der Waals surface area contributed by atoms with Crippen molar-refractivity contribution in [2.24, 2.45) is 4.99 Å². The Balaban J connectivity index is 1.93. The first-order chi connectivity index (χ1) is 12.0. The van der Waals surface area contributed by atoms with Gasteiger partial charge < -0.3 is 10.2 Å². The number of amides is 1. The molecule has 1 aromatic heterocycles. The van der Waals surface area contributed by atoms with Gasteiger partial charge in [0, 0.05) is 17.5 Å². The number of hydrogen-bond acceptors (Lipinski definition) is 6. The fraction of sp³-hybridized carbons (Fsp3) is 0.118. The van der Waals surface area contributed by atoms with E-state index in [-0.39, 0.29) is 17.2 Å². The normalized spacial score (nSPS) is 17.6. The van der Waals surface area contributed by atoms with Crippen LogP contribution in [0.15, 0.2) is 45.6 Å². The Labute approximate surface area is 152 Å². The fourth-order valence-electron chi connectivity index (χ4n) is 2.25. The number of hydrogen-bond donors (Lipinski definition) is 2. The van der Waals surface area contributed by atoms with Crippen LogP contribution in [0.3, 0.4) is 0 Å². The van der Waals surface area contributed by atoms with E-state index < -0.39 is 5.97 Å². The first kappa shape index (κ1) is 17.2. The van der Waals surface area contributed by atoms with E-state index in [1.807, 2.05) is 30.5 Å². The fourth-order valence-corrected chi connectivity index (χ4v) is 4.04. The molecule has 1 aliphatic heterocycles. The number of aliphatic imine (C=N–C) groups is 1. The maximum Gasteiger partial charge on any atom is 0.339 e. The minimum atomic E-state index is -1.21. The van der Waals surface area contributed by atoms with Crippen LogP contribution in [-0.4, -0.2) is 38.7 Å². The lowest BCUT2D eigenvalue weighted by Gasteiger charge is -2.12. The van der Waals surface area contributed by atoms with E-state index in [4.69, 9.17) is 5.11 Å². The summed E-state index contributed by atoms with van der Waals surface area (Å²) in [5.74, 6) is -1.69. The second-order valence-corrected chi connectivity index (χ2v) is 7.06.